The summed E-state index contributed by atoms with van der Waals surface area (Å²) in [5, 5.41) is 11.0. The number of halogens is 1. The van der Waals surface area contributed by atoms with Crippen LogP contribution < -0.4 is 14.2 Å². The standard InChI is InChI=1S/C11H13ClN2O6S/c1-7(4-12)5-21(17,18)13-8-2-10-11(20-6-19-10)3-9(8)14(15)16/h2-3,7,13H,4-6H2,1H3. The minimum Gasteiger partial charge on any atom is -0.454 e. The Kier molecular flexibility index (Phi) is 4.43. The lowest BCUT2D eigenvalue weighted by Gasteiger charge is -2.11. The molecule has 116 valence electrons. The van der Waals surface area contributed by atoms with E-state index in [0.717, 1.165) is 6.07 Å². The van der Waals surface area contributed by atoms with E-state index in [-0.39, 0.29) is 41.5 Å². The molecule has 0 spiro atoms. The molecule has 1 aliphatic rings. The van der Waals surface area contributed by atoms with Crippen molar-refractivity contribution in [3.8, 4) is 11.5 Å². The van der Waals surface area contributed by atoms with Gasteiger partial charge in [-0.1, -0.05) is 6.92 Å². The Morgan fingerprint density at radius 1 is 1.43 bits per heavy atom. The minimum absolute atomic E-state index is 0.0635. The summed E-state index contributed by atoms with van der Waals surface area (Å²) in [6, 6.07) is 2.37. The summed E-state index contributed by atoms with van der Waals surface area (Å²) in [6.45, 7) is 1.60. The van der Waals surface area contributed by atoms with Crippen LogP contribution in [0.2, 0.25) is 0 Å². The molecule has 1 atom stereocenters. The smallest absolute Gasteiger partial charge is 0.297 e. The van der Waals surface area contributed by atoms with E-state index >= 15 is 0 Å². The zero-order chi connectivity index (χ0) is 15.6. The van der Waals surface area contributed by atoms with Crippen molar-refractivity contribution in [2.24, 2.45) is 5.92 Å². The second-order valence-electron chi connectivity index (χ2n) is 4.62. The van der Waals surface area contributed by atoms with Crippen LogP contribution in [0.4, 0.5) is 11.4 Å². The van der Waals surface area contributed by atoms with Crippen LogP contribution in [-0.4, -0.2) is 31.8 Å². The molecule has 0 amide bonds. The first-order chi connectivity index (χ1) is 9.82. The highest BCUT2D eigenvalue weighted by molar-refractivity contribution is 7.92. The van der Waals surface area contributed by atoms with Crippen LogP contribution in [-0.2, 0) is 10.0 Å². The van der Waals surface area contributed by atoms with Gasteiger partial charge in [-0.05, 0) is 5.92 Å². The van der Waals surface area contributed by atoms with Crippen LogP contribution in [0, 0.1) is 16.0 Å². The third-order valence-electron chi connectivity index (χ3n) is 2.72. The first-order valence-corrected chi connectivity index (χ1v) is 8.15. The van der Waals surface area contributed by atoms with Crippen LogP contribution in [0.3, 0.4) is 0 Å². The topological polar surface area (TPSA) is 108 Å². The number of nitro groups is 1. The number of fused-ring (bicyclic) bond motifs is 1. The Bertz CT molecular complexity index is 663. The molecule has 1 aromatic rings. The summed E-state index contributed by atoms with van der Waals surface area (Å²) >= 11 is 5.58. The molecule has 1 aromatic carbocycles. The molecule has 0 fully saturated rings. The number of hydrogen-bond donors (Lipinski definition) is 1. The number of sulfonamides is 1. The van der Waals surface area contributed by atoms with Crippen molar-refractivity contribution in [3.05, 3.63) is 22.2 Å². The maximum absolute atomic E-state index is 12.0. The fourth-order valence-corrected chi connectivity index (χ4v) is 3.48. The molecule has 1 aliphatic heterocycles. The van der Waals surface area contributed by atoms with Gasteiger partial charge < -0.3 is 9.47 Å². The molecule has 10 heteroatoms. The van der Waals surface area contributed by atoms with Crippen molar-refractivity contribution >= 4 is 33.0 Å². The Hall–Kier alpha value is -1.74. The molecule has 0 aliphatic carbocycles. The minimum atomic E-state index is -3.75. The summed E-state index contributed by atoms with van der Waals surface area (Å²) in [7, 11) is -3.75. The summed E-state index contributed by atoms with van der Waals surface area (Å²) in [6.07, 6.45) is 0. The first-order valence-electron chi connectivity index (χ1n) is 5.97. The number of nitrogens with zero attached hydrogens (tertiary/aromatic N) is 1. The molecule has 0 saturated carbocycles. The number of benzene rings is 1. The zero-order valence-electron chi connectivity index (χ0n) is 11.0. The highest BCUT2D eigenvalue weighted by Gasteiger charge is 2.26. The molecule has 21 heavy (non-hydrogen) atoms. The van der Waals surface area contributed by atoms with Crippen molar-refractivity contribution in [1.82, 2.24) is 0 Å². The third-order valence-corrected chi connectivity index (χ3v) is 4.79. The number of ether oxygens (including phenoxy) is 2. The van der Waals surface area contributed by atoms with Gasteiger partial charge in [0, 0.05) is 11.9 Å². The van der Waals surface area contributed by atoms with E-state index in [1.165, 1.54) is 6.07 Å². The van der Waals surface area contributed by atoms with Crippen LogP contribution in [0.5, 0.6) is 11.5 Å². The first kappa shape index (κ1) is 15.6. The largest absolute Gasteiger partial charge is 0.454 e. The lowest BCUT2D eigenvalue weighted by atomic mass is 10.2. The number of hydrogen-bond acceptors (Lipinski definition) is 6. The molecule has 0 saturated heterocycles. The molecule has 8 nitrogen and oxygen atoms in total. The molecule has 2 rings (SSSR count). The van der Waals surface area contributed by atoms with Crippen LogP contribution in [0.1, 0.15) is 6.92 Å². The molecule has 1 unspecified atom stereocenters. The highest BCUT2D eigenvalue weighted by Crippen LogP contribution is 2.40. The summed E-state index contributed by atoms with van der Waals surface area (Å²) in [4.78, 5) is 10.3. The molecule has 0 bridgehead atoms. The van der Waals surface area contributed by atoms with Crippen molar-refractivity contribution in [2.75, 3.05) is 23.1 Å². The average Bonchev–Trinajstić information content (AvgIpc) is 2.83. The van der Waals surface area contributed by atoms with Crippen LogP contribution >= 0.6 is 11.6 Å². The van der Waals surface area contributed by atoms with Gasteiger partial charge in [0.1, 0.15) is 5.69 Å². The van der Waals surface area contributed by atoms with Gasteiger partial charge in [0.05, 0.1) is 16.7 Å². The molecular formula is C11H13ClN2O6S. The van der Waals surface area contributed by atoms with Gasteiger partial charge in [-0.25, -0.2) is 8.42 Å². The lowest BCUT2D eigenvalue weighted by molar-refractivity contribution is -0.383. The van der Waals surface area contributed by atoms with Gasteiger partial charge >= 0.3 is 0 Å². The zero-order valence-corrected chi connectivity index (χ0v) is 12.6. The Morgan fingerprint density at radius 2 is 2.05 bits per heavy atom. The summed E-state index contributed by atoms with van der Waals surface area (Å²) in [5.74, 6) is 0.117. The Morgan fingerprint density at radius 3 is 2.62 bits per heavy atom. The fourth-order valence-electron chi connectivity index (χ4n) is 1.79. The van der Waals surface area contributed by atoms with Crippen molar-refractivity contribution in [1.29, 1.82) is 0 Å². The number of nitrogens with one attached hydrogen (secondary N) is 1. The normalized spacial score (nSPS) is 14.8. The maximum Gasteiger partial charge on any atom is 0.297 e. The quantitative estimate of drug-likeness (QED) is 0.483. The maximum atomic E-state index is 12.0. The number of anilines is 1. The number of nitro benzene ring substituents is 1. The molecule has 0 radical (unpaired) electrons. The van der Waals surface area contributed by atoms with E-state index in [1.807, 2.05) is 0 Å². The monoisotopic (exact) mass is 336 g/mol. The second-order valence-corrected chi connectivity index (χ2v) is 6.70. The molecule has 1 heterocycles. The second kappa shape index (κ2) is 5.94. The van der Waals surface area contributed by atoms with E-state index in [4.69, 9.17) is 21.1 Å². The van der Waals surface area contributed by atoms with E-state index < -0.39 is 20.6 Å². The van der Waals surface area contributed by atoms with Crippen molar-refractivity contribution in [2.45, 2.75) is 6.92 Å². The lowest BCUT2D eigenvalue weighted by Crippen LogP contribution is -2.22. The van der Waals surface area contributed by atoms with Gasteiger partial charge in [0.2, 0.25) is 16.8 Å². The van der Waals surface area contributed by atoms with Gasteiger partial charge in [0.25, 0.3) is 5.69 Å². The predicted molar refractivity (Wildman–Crippen MR) is 76.5 cm³/mol. The van der Waals surface area contributed by atoms with E-state index in [0.29, 0.717) is 0 Å². The van der Waals surface area contributed by atoms with Crippen molar-refractivity contribution < 1.29 is 22.8 Å². The molecule has 1 N–H and O–H groups in total. The van der Waals surface area contributed by atoms with Gasteiger partial charge in [-0.15, -0.1) is 11.6 Å². The molecule has 0 aromatic heterocycles. The summed E-state index contributed by atoms with van der Waals surface area (Å²) in [5.41, 5.74) is -0.563. The third kappa shape index (κ3) is 3.67. The van der Waals surface area contributed by atoms with Gasteiger partial charge in [-0.3, -0.25) is 14.8 Å². The van der Waals surface area contributed by atoms with Crippen LogP contribution in [0.25, 0.3) is 0 Å². The van der Waals surface area contributed by atoms with Gasteiger partial charge in [-0.2, -0.15) is 0 Å². The van der Waals surface area contributed by atoms with E-state index in [2.05, 4.69) is 4.72 Å². The Balaban J connectivity index is 2.33. The summed E-state index contributed by atoms with van der Waals surface area (Å²) < 4.78 is 36.3. The SMILES string of the molecule is CC(CCl)CS(=O)(=O)Nc1cc2c(cc1[N+](=O)[O-])OCO2. The molecular weight excluding hydrogens is 324 g/mol. The number of rotatable bonds is 6. The van der Waals surface area contributed by atoms with Gasteiger partial charge in [0.15, 0.2) is 11.5 Å². The van der Waals surface area contributed by atoms with E-state index in [9.17, 15) is 18.5 Å². The highest BCUT2D eigenvalue weighted by atomic mass is 35.5. The van der Waals surface area contributed by atoms with Crippen molar-refractivity contribution in [3.63, 3.8) is 0 Å². The Labute approximate surface area is 126 Å². The van der Waals surface area contributed by atoms with Crippen LogP contribution in [0.15, 0.2) is 12.1 Å². The number of alkyl halides is 1. The average molecular weight is 337 g/mol. The predicted octanol–water partition coefficient (Wildman–Crippen LogP) is 1.94. The van der Waals surface area contributed by atoms with E-state index in [1.54, 1.807) is 6.92 Å². The fraction of sp³-hybridized carbons (Fsp3) is 0.455.